The molecule has 0 aliphatic rings. The molecule has 2 aromatic carbocycles. The van der Waals surface area contributed by atoms with Crippen LogP contribution in [0.5, 0.6) is 0 Å². The van der Waals surface area contributed by atoms with Gasteiger partial charge in [0.1, 0.15) is 0 Å². The van der Waals surface area contributed by atoms with Crippen LogP contribution in [0, 0.1) is 0 Å². The van der Waals surface area contributed by atoms with E-state index in [9.17, 15) is 8.42 Å². The summed E-state index contributed by atoms with van der Waals surface area (Å²) in [5, 5.41) is 0. The van der Waals surface area contributed by atoms with Gasteiger partial charge in [0.25, 0.3) is 0 Å². The zero-order valence-electron chi connectivity index (χ0n) is 11.1. The topological polar surface area (TPSA) is 72.2 Å². The van der Waals surface area contributed by atoms with E-state index >= 15 is 0 Å². The maximum absolute atomic E-state index is 12.1. The average molecular weight is 290 g/mol. The summed E-state index contributed by atoms with van der Waals surface area (Å²) >= 11 is 0. The third-order valence-corrected chi connectivity index (χ3v) is 4.30. The van der Waals surface area contributed by atoms with Crippen molar-refractivity contribution < 1.29 is 8.42 Å². The molecule has 20 heavy (non-hydrogen) atoms. The van der Waals surface area contributed by atoms with Crippen LogP contribution in [0.3, 0.4) is 0 Å². The number of nitrogens with one attached hydrogen (secondary N) is 1. The van der Waals surface area contributed by atoms with Gasteiger partial charge in [-0.2, -0.15) is 0 Å². The molecule has 0 aliphatic heterocycles. The van der Waals surface area contributed by atoms with E-state index in [2.05, 4.69) is 4.72 Å². The highest BCUT2D eigenvalue weighted by Crippen LogP contribution is 2.11. The van der Waals surface area contributed by atoms with Crippen LogP contribution in [0.4, 0.5) is 0 Å². The van der Waals surface area contributed by atoms with Crippen LogP contribution in [0.2, 0.25) is 0 Å². The summed E-state index contributed by atoms with van der Waals surface area (Å²) in [6.07, 6.45) is 0. The van der Waals surface area contributed by atoms with Crippen molar-refractivity contribution in [2.24, 2.45) is 5.73 Å². The Morgan fingerprint density at radius 3 is 2.15 bits per heavy atom. The van der Waals surface area contributed by atoms with Crippen LogP contribution >= 0.6 is 0 Å². The predicted molar refractivity (Wildman–Crippen MR) is 80.2 cm³/mol. The van der Waals surface area contributed by atoms with Crippen molar-refractivity contribution >= 4 is 10.0 Å². The molecule has 2 rings (SSSR count). The van der Waals surface area contributed by atoms with Crippen molar-refractivity contribution in [3.63, 3.8) is 0 Å². The van der Waals surface area contributed by atoms with Crippen LogP contribution in [-0.2, 0) is 28.9 Å². The first-order valence-electron chi connectivity index (χ1n) is 6.39. The molecule has 0 unspecified atom stereocenters. The molecule has 0 radical (unpaired) electrons. The third-order valence-electron chi connectivity index (χ3n) is 3.02. The SMILES string of the molecule is NCc1ccccc1CS(=O)(=O)NCc1ccccc1. The van der Waals surface area contributed by atoms with Crippen molar-refractivity contribution in [2.45, 2.75) is 18.8 Å². The molecule has 0 aromatic heterocycles. The fourth-order valence-corrected chi connectivity index (χ4v) is 3.12. The van der Waals surface area contributed by atoms with Crippen molar-refractivity contribution in [3.05, 3.63) is 71.3 Å². The molecule has 0 fully saturated rings. The second-order valence-corrected chi connectivity index (χ2v) is 6.35. The molecule has 0 spiro atoms. The lowest BCUT2D eigenvalue weighted by Gasteiger charge is -2.10. The van der Waals surface area contributed by atoms with E-state index in [0.29, 0.717) is 13.1 Å². The molecule has 0 amide bonds. The maximum atomic E-state index is 12.1. The molecular weight excluding hydrogens is 272 g/mol. The van der Waals surface area contributed by atoms with Crippen molar-refractivity contribution in [2.75, 3.05) is 0 Å². The Bertz CT molecular complexity index is 655. The summed E-state index contributed by atoms with van der Waals surface area (Å²) in [6, 6.07) is 16.8. The summed E-state index contributed by atoms with van der Waals surface area (Å²) in [4.78, 5) is 0. The zero-order chi connectivity index (χ0) is 14.4. The van der Waals surface area contributed by atoms with Crippen molar-refractivity contribution in [1.82, 2.24) is 4.72 Å². The average Bonchev–Trinajstić information content (AvgIpc) is 2.47. The fraction of sp³-hybridized carbons (Fsp3) is 0.200. The van der Waals surface area contributed by atoms with Gasteiger partial charge in [0.15, 0.2) is 0 Å². The van der Waals surface area contributed by atoms with E-state index in [1.54, 1.807) is 6.07 Å². The molecular formula is C15H18N2O2S. The minimum absolute atomic E-state index is 0.0484. The van der Waals surface area contributed by atoms with Gasteiger partial charge in [-0.15, -0.1) is 0 Å². The standard InChI is InChI=1S/C15H18N2O2S/c16-10-14-8-4-5-9-15(14)12-20(18,19)17-11-13-6-2-1-3-7-13/h1-9,17H,10-12,16H2. The van der Waals surface area contributed by atoms with Gasteiger partial charge in [0, 0.05) is 13.1 Å². The van der Waals surface area contributed by atoms with Gasteiger partial charge in [-0.3, -0.25) is 0 Å². The Morgan fingerprint density at radius 2 is 1.50 bits per heavy atom. The number of rotatable bonds is 6. The highest BCUT2D eigenvalue weighted by atomic mass is 32.2. The van der Waals surface area contributed by atoms with E-state index in [-0.39, 0.29) is 5.75 Å². The molecule has 0 saturated heterocycles. The van der Waals surface area contributed by atoms with Crippen LogP contribution < -0.4 is 10.5 Å². The molecule has 2 aromatic rings. The van der Waals surface area contributed by atoms with E-state index < -0.39 is 10.0 Å². The monoisotopic (exact) mass is 290 g/mol. The number of hydrogen-bond donors (Lipinski definition) is 2. The van der Waals surface area contributed by atoms with E-state index in [0.717, 1.165) is 16.7 Å². The Hall–Kier alpha value is -1.69. The summed E-state index contributed by atoms with van der Waals surface area (Å²) < 4.78 is 26.8. The summed E-state index contributed by atoms with van der Waals surface area (Å²) in [6.45, 7) is 0.637. The van der Waals surface area contributed by atoms with Gasteiger partial charge in [-0.25, -0.2) is 13.1 Å². The van der Waals surface area contributed by atoms with Crippen LogP contribution in [-0.4, -0.2) is 8.42 Å². The van der Waals surface area contributed by atoms with Crippen molar-refractivity contribution in [1.29, 1.82) is 0 Å². The highest BCUT2D eigenvalue weighted by molar-refractivity contribution is 7.88. The minimum Gasteiger partial charge on any atom is -0.326 e. The number of nitrogens with two attached hydrogens (primary N) is 1. The van der Waals surface area contributed by atoms with Crippen LogP contribution in [0.15, 0.2) is 54.6 Å². The first-order chi connectivity index (χ1) is 9.61. The second kappa shape index (κ2) is 6.65. The predicted octanol–water partition coefficient (Wildman–Crippen LogP) is 1.76. The number of sulfonamides is 1. The Kier molecular flexibility index (Phi) is 4.89. The van der Waals surface area contributed by atoms with Crippen LogP contribution in [0.1, 0.15) is 16.7 Å². The minimum atomic E-state index is -3.37. The van der Waals surface area contributed by atoms with E-state index in [4.69, 9.17) is 5.73 Å². The molecule has 0 aliphatic carbocycles. The summed E-state index contributed by atoms with van der Waals surface area (Å²) in [7, 11) is -3.37. The zero-order valence-corrected chi connectivity index (χ0v) is 11.9. The summed E-state index contributed by atoms with van der Waals surface area (Å²) in [5.74, 6) is -0.0484. The Morgan fingerprint density at radius 1 is 0.900 bits per heavy atom. The molecule has 4 nitrogen and oxygen atoms in total. The largest absolute Gasteiger partial charge is 0.326 e. The van der Waals surface area contributed by atoms with Gasteiger partial charge in [0.05, 0.1) is 5.75 Å². The lowest BCUT2D eigenvalue weighted by atomic mass is 10.1. The maximum Gasteiger partial charge on any atom is 0.216 e. The lowest BCUT2D eigenvalue weighted by molar-refractivity contribution is 0.580. The van der Waals surface area contributed by atoms with E-state index in [1.807, 2.05) is 48.5 Å². The molecule has 0 saturated carbocycles. The Labute approximate surface area is 119 Å². The van der Waals surface area contributed by atoms with Gasteiger partial charge in [0.2, 0.25) is 10.0 Å². The normalized spacial score (nSPS) is 11.4. The van der Waals surface area contributed by atoms with Crippen LogP contribution in [0.25, 0.3) is 0 Å². The first kappa shape index (κ1) is 14.7. The smallest absolute Gasteiger partial charge is 0.216 e. The lowest BCUT2D eigenvalue weighted by Crippen LogP contribution is -2.25. The highest BCUT2D eigenvalue weighted by Gasteiger charge is 2.13. The molecule has 3 N–H and O–H groups in total. The van der Waals surface area contributed by atoms with Gasteiger partial charge in [-0.1, -0.05) is 54.6 Å². The fourth-order valence-electron chi connectivity index (χ4n) is 1.94. The number of hydrogen-bond acceptors (Lipinski definition) is 3. The third kappa shape index (κ3) is 4.16. The molecule has 0 heterocycles. The second-order valence-electron chi connectivity index (χ2n) is 4.54. The molecule has 5 heteroatoms. The first-order valence-corrected chi connectivity index (χ1v) is 8.04. The Balaban J connectivity index is 2.04. The quantitative estimate of drug-likeness (QED) is 0.851. The number of benzene rings is 2. The van der Waals surface area contributed by atoms with Gasteiger partial charge < -0.3 is 5.73 Å². The summed E-state index contributed by atoms with van der Waals surface area (Å²) in [5.41, 5.74) is 8.16. The van der Waals surface area contributed by atoms with E-state index in [1.165, 1.54) is 0 Å². The van der Waals surface area contributed by atoms with Gasteiger partial charge >= 0.3 is 0 Å². The van der Waals surface area contributed by atoms with Crippen molar-refractivity contribution in [3.8, 4) is 0 Å². The molecule has 0 atom stereocenters. The molecule has 0 bridgehead atoms. The molecule has 106 valence electrons. The van der Waals surface area contributed by atoms with Gasteiger partial charge in [-0.05, 0) is 16.7 Å².